The van der Waals surface area contributed by atoms with Gasteiger partial charge in [0, 0.05) is 25.2 Å². The van der Waals surface area contributed by atoms with Gasteiger partial charge in [-0.2, -0.15) is 0 Å². The van der Waals surface area contributed by atoms with Crippen LogP contribution in [0.3, 0.4) is 0 Å². The van der Waals surface area contributed by atoms with E-state index in [4.69, 9.17) is 5.73 Å². The molecule has 0 saturated heterocycles. The van der Waals surface area contributed by atoms with Crippen LogP contribution in [0.4, 0.5) is 11.4 Å². The Labute approximate surface area is 124 Å². The predicted octanol–water partition coefficient (Wildman–Crippen LogP) is 0.733. The molecule has 21 heavy (non-hydrogen) atoms. The van der Waals surface area contributed by atoms with E-state index < -0.39 is 0 Å². The Morgan fingerprint density at radius 3 is 2.67 bits per heavy atom. The first-order valence-electron chi connectivity index (χ1n) is 7.19. The average Bonchev–Trinajstić information content (AvgIpc) is 3.22. The monoisotopic (exact) mass is 290 g/mol. The van der Waals surface area contributed by atoms with Crippen LogP contribution >= 0.6 is 0 Å². The Morgan fingerprint density at radius 1 is 1.38 bits per heavy atom. The number of nitrogens with zero attached hydrogens (tertiary/aromatic N) is 1. The third-order valence-electron chi connectivity index (χ3n) is 3.36. The fourth-order valence-corrected chi connectivity index (χ4v) is 2.11. The molecule has 6 nitrogen and oxygen atoms in total. The van der Waals surface area contributed by atoms with Crippen LogP contribution in [0.1, 0.15) is 30.1 Å². The Morgan fingerprint density at radius 2 is 2.10 bits per heavy atom. The fourth-order valence-electron chi connectivity index (χ4n) is 2.11. The number of nitrogen functional groups attached to an aromatic ring is 1. The van der Waals surface area contributed by atoms with E-state index >= 15 is 0 Å². The van der Waals surface area contributed by atoms with Gasteiger partial charge in [0.15, 0.2) is 0 Å². The second kappa shape index (κ2) is 6.47. The number of benzene rings is 1. The van der Waals surface area contributed by atoms with Crippen molar-refractivity contribution < 1.29 is 9.59 Å². The lowest BCUT2D eigenvalue weighted by molar-refractivity contribution is -0.119. The van der Waals surface area contributed by atoms with Crippen molar-refractivity contribution in [1.82, 2.24) is 10.6 Å². The third kappa shape index (κ3) is 4.11. The molecule has 1 aromatic carbocycles. The molecule has 2 amide bonds. The highest BCUT2D eigenvalue weighted by Gasteiger charge is 2.23. The van der Waals surface area contributed by atoms with Crippen molar-refractivity contribution in [3.63, 3.8) is 0 Å². The number of likely N-dealkylation sites (N-methyl/N-ethyl adjacent to an activating group) is 1. The van der Waals surface area contributed by atoms with E-state index in [1.807, 2.05) is 14.0 Å². The zero-order valence-electron chi connectivity index (χ0n) is 12.5. The van der Waals surface area contributed by atoms with Gasteiger partial charge in [0.05, 0.1) is 17.9 Å². The molecule has 0 bridgehead atoms. The van der Waals surface area contributed by atoms with Crippen molar-refractivity contribution in [2.45, 2.75) is 25.8 Å². The lowest BCUT2D eigenvalue weighted by Crippen LogP contribution is -2.36. The van der Waals surface area contributed by atoms with E-state index in [2.05, 4.69) is 10.6 Å². The summed E-state index contributed by atoms with van der Waals surface area (Å²) in [4.78, 5) is 25.3. The van der Waals surface area contributed by atoms with Crippen molar-refractivity contribution in [3.05, 3.63) is 23.8 Å². The predicted molar refractivity (Wildman–Crippen MR) is 83.3 cm³/mol. The van der Waals surface area contributed by atoms with Gasteiger partial charge in [0.1, 0.15) is 0 Å². The van der Waals surface area contributed by atoms with Crippen LogP contribution in [-0.4, -0.2) is 38.0 Å². The molecule has 0 aromatic heterocycles. The quantitative estimate of drug-likeness (QED) is 0.674. The Bertz CT molecular complexity index is 540. The number of carbonyl (C=O) groups is 2. The summed E-state index contributed by atoms with van der Waals surface area (Å²) in [6.45, 7) is 2.69. The zero-order chi connectivity index (χ0) is 15.4. The molecule has 0 radical (unpaired) electrons. The lowest BCUT2D eigenvalue weighted by atomic mass is 10.1. The van der Waals surface area contributed by atoms with Gasteiger partial charge in [-0.25, -0.2) is 0 Å². The van der Waals surface area contributed by atoms with E-state index in [-0.39, 0.29) is 18.4 Å². The highest BCUT2D eigenvalue weighted by molar-refractivity contribution is 5.96. The number of anilines is 2. The van der Waals surface area contributed by atoms with Crippen LogP contribution in [0.25, 0.3) is 0 Å². The fraction of sp³-hybridized carbons (Fsp3) is 0.467. The topological polar surface area (TPSA) is 87.5 Å². The van der Waals surface area contributed by atoms with Crippen molar-refractivity contribution in [3.8, 4) is 0 Å². The first kappa shape index (κ1) is 15.2. The summed E-state index contributed by atoms with van der Waals surface area (Å²) in [5.41, 5.74) is 7.75. The number of amides is 2. The average molecular weight is 290 g/mol. The minimum absolute atomic E-state index is 0.00722. The maximum absolute atomic E-state index is 11.8. The van der Waals surface area contributed by atoms with Gasteiger partial charge in [-0.3, -0.25) is 9.59 Å². The van der Waals surface area contributed by atoms with Gasteiger partial charge < -0.3 is 21.3 Å². The molecular formula is C15H22N4O2. The van der Waals surface area contributed by atoms with E-state index in [0.29, 0.717) is 23.8 Å². The number of nitrogens with one attached hydrogen (secondary N) is 2. The van der Waals surface area contributed by atoms with Crippen LogP contribution in [0.2, 0.25) is 0 Å². The van der Waals surface area contributed by atoms with Crippen molar-refractivity contribution in [2.75, 3.05) is 30.8 Å². The standard InChI is InChI=1S/C15H22N4O2/c1-3-17-15(21)10-4-7-13(12(16)8-10)19(2)9-14(20)18-11-5-6-11/h4,7-8,11H,3,5-6,9,16H2,1-2H3,(H,17,21)(H,18,20). The second-order valence-electron chi connectivity index (χ2n) is 5.33. The molecule has 2 rings (SSSR count). The number of carbonyl (C=O) groups excluding carboxylic acids is 2. The van der Waals surface area contributed by atoms with Gasteiger partial charge in [0.25, 0.3) is 5.91 Å². The number of hydrogen-bond donors (Lipinski definition) is 3. The Balaban J connectivity index is 2.01. The Hall–Kier alpha value is -2.24. The molecule has 0 aliphatic heterocycles. The second-order valence-corrected chi connectivity index (χ2v) is 5.33. The summed E-state index contributed by atoms with van der Waals surface area (Å²) in [5, 5.41) is 5.66. The number of nitrogens with two attached hydrogens (primary N) is 1. The molecule has 1 aliphatic rings. The summed E-state index contributed by atoms with van der Waals surface area (Å²) in [7, 11) is 1.81. The van der Waals surface area contributed by atoms with Crippen molar-refractivity contribution in [2.24, 2.45) is 0 Å². The largest absolute Gasteiger partial charge is 0.397 e. The van der Waals surface area contributed by atoms with Gasteiger partial charge in [-0.05, 0) is 38.0 Å². The summed E-state index contributed by atoms with van der Waals surface area (Å²) >= 11 is 0. The summed E-state index contributed by atoms with van der Waals surface area (Å²) in [5.74, 6) is -0.155. The smallest absolute Gasteiger partial charge is 0.251 e. The summed E-state index contributed by atoms with van der Waals surface area (Å²) < 4.78 is 0. The normalized spacial score (nSPS) is 13.6. The van der Waals surface area contributed by atoms with Crippen LogP contribution in [0.5, 0.6) is 0 Å². The van der Waals surface area contributed by atoms with Gasteiger partial charge in [0.2, 0.25) is 5.91 Å². The highest BCUT2D eigenvalue weighted by Crippen LogP contribution is 2.23. The van der Waals surface area contributed by atoms with Crippen LogP contribution in [-0.2, 0) is 4.79 Å². The first-order valence-corrected chi connectivity index (χ1v) is 7.19. The molecular weight excluding hydrogens is 268 g/mol. The van der Waals surface area contributed by atoms with E-state index in [9.17, 15) is 9.59 Å². The van der Waals surface area contributed by atoms with Gasteiger partial charge in [-0.1, -0.05) is 0 Å². The van der Waals surface area contributed by atoms with Gasteiger partial charge in [-0.15, -0.1) is 0 Å². The third-order valence-corrected chi connectivity index (χ3v) is 3.36. The van der Waals surface area contributed by atoms with Crippen LogP contribution < -0.4 is 21.3 Å². The number of rotatable bonds is 6. The first-order chi connectivity index (χ1) is 10.0. The molecule has 1 aromatic rings. The highest BCUT2D eigenvalue weighted by atomic mass is 16.2. The molecule has 6 heteroatoms. The minimum Gasteiger partial charge on any atom is -0.397 e. The molecule has 4 N–H and O–H groups in total. The SMILES string of the molecule is CCNC(=O)c1ccc(N(C)CC(=O)NC2CC2)c(N)c1. The molecule has 114 valence electrons. The molecule has 0 heterocycles. The molecule has 1 saturated carbocycles. The molecule has 0 spiro atoms. The maximum Gasteiger partial charge on any atom is 0.251 e. The molecule has 1 fully saturated rings. The van der Waals surface area contributed by atoms with Crippen LogP contribution in [0.15, 0.2) is 18.2 Å². The van der Waals surface area contributed by atoms with Crippen molar-refractivity contribution in [1.29, 1.82) is 0 Å². The summed E-state index contributed by atoms with van der Waals surface area (Å²) in [6, 6.07) is 5.47. The van der Waals surface area contributed by atoms with E-state index in [0.717, 1.165) is 18.5 Å². The zero-order valence-corrected chi connectivity index (χ0v) is 12.5. The molecule has 0 atom stereocenters. The van der Waals surface area contributed by atoms with Gasteiger partial charge >= 0.3 is 0 Å². The summed E-state index contributed by atoms with van der Waals surface area (Å²) in [6.07, 6.45) is 2.14. The Kier molecular flexibility index (Phi) is 4.67. The van der Waals surface area contributed by atoms with E-state index in [1.165, 1.54) is 0 Å². The minimum atomic E-state index is -0.148. The van der Waals surface area contributed by atoms with Crippen LogP contribution in [0, 0.1) is 0 Å². The van der Waals surface area contributed by atoms with Crippen molar-refractivity contribution >= 4 is 23.2 Å². The molecule has 1 aliphatic carbocycles. The lowest BCUT2D eigenvalue weighted by Gasteiger charge is -2.21. The maximum atomic E-state index is 11.8. The number of hydrogen-bond acceptors (Lipinski definition) is 4. The molecule has 0 unspecified atom stereocenters. The van der Waals surface area contributed by atoms with E-state index in [1.54, 1.807) is 23.1 Å².